The summed E-state index contributed by atoms with van der Waals surface area (Å²) in [7, 11) is 3.49. The van der Waals surface area contributed by atoms with Gasteiger partial charge in [-0.2, -0.15) is 0 Å². The zero-order chi connectivity index (χ0) is 25.8. The molecule has 4 rings (SSSR count). The SMILES string of the molecule is COc1ccccc1N1CCN(CCOC(=O)C2=C(C)NC(C)=C([N+](=O)[O-])C2c2cccn2C)CC1. The first-order chi connectivity index (χ1) is 17.3. The van der Waals surface area contributed by atoms with E-state index in [9.17, 15) is 14.9 Å². The maximum atomic E-state index is 13.2. The van der Waals surface area contributed by atoms with Gasteiger partial charge in [-0.15, -0.1) is 0 Å². The quantitative estimate of drug-likeness (QED) is 0.339. The molecule has 0 bridgehead atoms. The van der Waals surface area contributed by atoms with Gasteiger partial charge in [-0.3, -0.25) is 15.0 Å². The number of hydrogen-bond acceptors (Lipinski definition) is 8. The lowest BCUT2D eigenvalue weighted by molar-refractivity contribution is -0.431. The number of carbonyl (C=O) groups is 1. The van der Waals surface area contributed by atoms with Crippen LogP contribution in [0.25, 0.3) is 0 Å². The van der Waals surface area contributed by atoms with Crippen LogP contribution in [-0.2, 0) is 16.6 Å². The summed E-state index contributed by atoms with van der Waals surface area (Å²) in [6.45, 7) is 7.56. The highest BCUT2D eigenvalue weighted by Crippen LogP contribution is 2.38. The minimum Gasteiger partial charge on any atom is -0.495 e. The smallest absolute Gasteiger partial charge is 0.337 e. The van der Waals surface area contributed by atoms with E-state index in [-0.39, 0.29) is 17.9 Å². The molecule has 0 amide bonds. The Morgan fingerprint density at radius 3 is 2.47 bits per heavy atom. The number of nitrogens with one attached hydrogen (secondary N) is 1. The molecule has 1 aromatic carbocycles. The molecule has 2 aliphatic heterocycles. The van der Waals surface area contributed by atoms with Gasteiger partial charge in [0.05, 0.1) is 29.0 Å². The minimum atomic E-state index is -0.807. The Bertz CT molecular complexity index is 1190. The molecule has 2 aliphatic rings. The van der Waals surface area contributed by atoms with Crippen molar-refractivity contribution in [2.75, 3.05) is 51.3 Å². The molecule has 2 aromatic rings. The number of methoxy groups -OCH3 is 1. The van der Waals surface area contributed by atoms with Crippen molar-refractivity contribution in [1.82, 2.24) is 14.8 Å². The number of ether oxygens (including phenoxy) is 2. The first-order valence-electron chi connectivity index (χ1n) is 12.0. The van der Waals surface area contributed by atoms with Crippen LogP contribution in [0, 0.1) is 10.1 Å². The lowest BCUT2D eigenvalue weighted by atomic mass is 9.87. The predicted octanol–water partition coefficient (Wildman–Crippen LogP) is 2.87. The second-order valence-electron chi connectivity index (χ2n) is 9.04. The van der Waals surface area contributed by atoms with Crippen molar-refractivity contribution >= 4 is 11.7 Å². The number of nitro groups is 1. The van der Waals surface area contributed by atoms with Gasteiger partial charge in [-0.1, -0.05) is 12.1 Å². The van der Waals surface area contributed by atoms with E-state index in [2.05, 4.69) is 21.2 Å². The molecule has 1 atom stereocenters. The maximum absolute atomic E-state index is 13.2. The molecule has 0 saturated carbocycles. The number of esters is 1. The highest BCUT2D eigenvalue weighted by molar-refractivity contribution is 5.92. The second-order valence-corrected chi connectivity index (χ2v) is 9.04. The lowest BCUT2D eigenvalue weighted by Crippen LogP contribution is -2.47. The zero-order valence-electron chi connectivity index (χ0n) is 21.2. The van der Waals surface area contributed by atoms with Gasteiger partial charge in [-0.25, -0.2) is 4.79 Å². The minimum absolute atomic E-state index is 0.0400. The van der Waals surface area contributed by atoms with Crippen LogP contribution >= 0.6 is 0 Å². The number of carbonyl (C=O) groups excluding carboxylic acids is 1. The Kier molecular flexibility index (Phi) is 7.64. The fourth-order valence-electron chi connectivity index (χ4n) is 5.01. The van der Waals surface area contributed by atoms with E-state index in [1.54, 1.807) is 31.6 Å². The number of anilines is 1. The molecule has 1 fully saturated rings. The summed E-state index contributed by atoms with van der Waals surface area (Å²) >= 11 is 0. The van der Waals surface area contributed by atoms with Crippen molar-refractivity contribution in [2.24, 2.45) is 7.05 Å². The number of para-hydroxylation sites is 2. The normalized spacial score (nSPS) is 18.8. The van der Waals surface area contributed by atoms with Gasteiger partial charge in [-0.05, 0) is 38.1 Å². The first-order valence-corrected chi connectivity index (χ1v) is 12.0. The molecule has 0 spiro atoms. The van der Waals surface area contributed by atoms with Crippen molar-refractivity contribution in [3.05, 3.63) is 81.1 Å². The fourth-order valence-corrected chi connectivity index (χ4v) is 5.01. The Hall–Kier alpha value is -3.79. The average molecular weight is 496 g/mol. The molecule has 1 unspecified atom stereocenters. The molecular weight excluding hydrogens is 462 g/mol. The summed E-state index contributed by atoms with van der Waals surface area (Å²) in [5, 5.41) is 15.0. The van der Waals surface area contributed by atoms with Crippen LogP contribution in [0.5, 0.6) is 5.75 Å². The van der Waals surface area contributed by atoms with E-state index in [1.807, 2.05) is 37.5 Å². The number of aromatic nitrogens is 1. The van der Waals surface area contributed by atoms with Gasteiger partial charge < -0.3 is 24.3 Å². The van der Waals surface area contributed by atoms with Crippen LogP contribution in [0.3, 0.4) is 0 Å². The van der Waals surface area contributed by atoms with Crippen LogP contribution in [-0.4, -0.2) is 66.8 Å². The van der Waals surface area contributed by atoms with Gasteiger partial charge in [0.15, 0.2) is 0 Å². The summed E-state index contributed by atoms with van der Waals surface area (Å²) in [6.07, 6.45) is 1.81. The number of piperazine rings is 1. The van der Waals surface area contributed by atoms with E-state index in [0.29, 0.717) is 23.6 Å². The van der Waals surface area contributed by atoms with Gasteiger partial charge in [0, 0.05) is 57.4 Å². The number of nitrogens with zero attached hydrogens (tertiary/aromatic N) is 4. The largest absolute Gasteiger partial charge is 0.495 e. The van der Waals surface area contributed by atoms with E-state index < -0.39 is 16.8 Å². The zero-order valence-corrected chi connectivity index (χ0v) is 21.2. The Morgan fingerprint density at radius 1 is 1.11 bits per heavy atom. The van der Waals surface area contributed by atoms with Crippen molar-refractivity contribution in [2.45, 2.75) is 19.8 Å². The van der Waals surface area contributed by atoms with Crippen LogP contribution in [0.2, 0.25) is 0 Å². The third kappa shape index (κ3) is 5.08. The summed E-state index contributed by atoms with van der Waals surface area (Å²) in [4.78, 5) is 29.3. The highest BCUT2D eigenvalue weighted by Gasteiger charge is 2.42. The van der Waals surface area contributed by atoms with Gasteiger partial charge in [0.2, 0.25) is 0 Å². The Balaban J connectivity index is 1.39. The monoisotopic (exact) mass is 495 g/mol. The molecule has 36 heavy (non-hydrogen) atoms. The van der Waals surface area contributed by atoms with E-state index in [1.165, 1.54) is 0 Å². The number of dihydropyridines is 1. The topological polar surface area (TPSA) is 102 Å². The third-order valence-electron chi connectivity index (χ3n) is 6.86. The van der Waals surface area contributed by atoms with Crippen molar-refractivity contribution in [3.8, 4) is 5.75 Å². The van der Waals surface area contributed by atoms with Crippen LogP contribution in [0.4, 0.5) is 5.69 Å². The Morgan fingerprint density at radius 2 is 1.83 bits per heavy atom. The summed E-state index contributed by atoms with van der Waals surface area (Å²) in [6, 6.07) is 11.6. The number of allylic oxidation sites excluding steroid dienone is 3. The number of benzene rings is 1. The van der Waals surface area contributed by atoms with Crippen LogP contribution in [0.1, 0.15) is 25.5 Å². The molecule has 1 N–H and O–H groups in total. The molecule has 10 heteroatoms. The van der Waals surface area contributed by atoms with Gasteiger partial charge in [0.25, 0.3) is 5.70 Å². The van der Waals surface area contributed by atoms with Crippen LogP contribution < -0.4 is 15.0 Å². The van der Waals surface area contributed by atoms with Gasteiger partial charge in [0.1, 0.15) is 18.3 Å². The summed E-state index contributed by atoms with van der Waals surface area (Å²) in [5.74, 6) is -0.486. The standard InChI is InChI=1S/C26H33N5O5/c1-18-23(24(21-9-7-11-28(21)3)25(31(33)34)19(2)27-18)26(32)36-17-16-29-12-14-30(15-13-29)20-8-5-6-10-22(20)35-4/h5-11,24,27H,12-17H2,1-4H3. The lowest BCUT2D eigenvalue weighted by Gasteiger charge is -2.36. The number of hydrogen-bond donors (Lipinski definition) is 1. The fraction of sp³-hybridized carbons (Fsp3) is 0.423. The highest BCUT2D eigenvalue weighted by atomic mass is 16.6. The summed E-state index contributed by atoms with van der Waals surface area (Å²) < 4.78 is 13.0. The molecule has 0 radical (unpaired) electrons. The molecule has 1 saturated heterocycles. The van der Waals surface area contributed by atoms with E-state index in [0.717, 1.165) is 37.6 Å². The molecule has 10 nitrogen and oxygen atoms in total. The molecule has 1 aromatic heterocycles. The molecule has 192 valence electrons. The second kappa shape index (κ2) is 10.9. The number of rotatable bonds is 8. The van der Waals surface area contributed by atoms with Gasteiger partial charge >= 0.3 is 5.97 Å². The first kappa shape index (κ1) is 25.3. The Labute approximate surface area is 210 Å². The van der Waals surface area contributed by atoms with Crippen LogP contribution in [0.15, 0.2) is 65.3 Å². The molecule has 3 heterocycles. The third-order valence-corrected chi connectivity index (χ3v) is 6.86. The average Bonchev–Trinajstić information content (AvgIpc) is 3.29. The summed E-state index contributed by atoms with van der Waals surface area (Å²) in [5.41, 5.74) is 2.97. The van der Waals surface area contributed by atoms with Crippen molar-refractivity contribution in [3.63, 3.8) is 0 Å². The van der Waals surface area contributed by atoms with E-state index >= 15 is 0 Å². The number of aryl methyl sites for hydroxylation is 1. The predicted molar refractivity (Wildman–Crippen MR) is 136 cm³/mol. The molecule has 0 aliphatic carbocycles. The van der Waals surface area contributed by atoms with E-state index in [4.69, 9.17) is 9.47 Å². The molecular formula is C26H33N5O5. The van der Waals surface area contributed by atoms with Crippen molar-refractivity contribution < 1.29 is 19.2 Å². The van der Waals surface area contributed by atoms with Crippen molar-refractivity contribution in [1.29, 1.82) is 0 Å². The maximum Gasteiger partial charge on any atom is 0.337 e.